The summed E-state index contributed by atoms with van der Waals surface area (Å²) in [5.74, 6) is 0.583. The molecule has 1 aliphatic rings. The molecule has 1 aliphatic heterocycles. The van der Waals surface area contributed by atoms with E-state index in [1.54, 1.807) is 4.90 Å². The van der Waals surface area contributed by atoms with Crippen LogP contribution in [0.2, 0.25) is 0 Å². The molecule has 0 fully saturated rings. The van der Waals surface area contributed by atoms with Crippen molar-refractivity contribution >= 4 is 12.0 Å². The van der Waals surface area contributed by atoms with E-state index in [2.05, 4.69) is 41.4 Å². The van der Waals surface area contributed by atoms with Gasteiger partial charge in [0.1, 0.15) is 0 Å². The summed E-state index contributed by atoms with van der Waals surface area (Å²) in [5.41, 5.74) is 2.38. The van der Waals surface area contributed by atoms with Crippen molar-refractivity contribution in [3.63, 3.8) is 0 Å². The monoisotopic (exact) mass is 300 g/mol. The molecule has 116 valence electrons. The Morgan fingerprint density at radius 2 is 2.18 bits per heavy atom. The standard InChI is InChI=1S/C16H20N4O2/c1-4-13-17-14(22-19-13)18-15(21)20-9-11-7-5-6-8-12(11)16(2,3)10-20/h5-8H,4,9-10H2,1-3H3,(H,17,18,19,21). The molecule has 6 heteroatoms. The third-order valence-corrected chi connectivity index (χ3v) is 3.98. The number of anilines is 1. The highest BCUT2D eigenvalue weighted by molar-refractivity contribution is 5.87. The molecule has 1 N–H and O–H groups in total. The minimum atomic E-state index is -0.214. The van der Waals surface area contributed by atoms with Gasteiger partial charge in [0, 0.05) is 24.9 Å². The van der Waals surface area contributed by atoms with Crippen molar-refractivity contribution in [1.82, 2.24) is 15.0 Å². The van der Waals surface area contributed by atoms with Crippen LogP contribution in [0.5, 0.6) is 0 Å². The van der Waals surface area contributed by atoms with Crippen LogP contribution >= 0.6 is 0 Å². The highest BCUT2D eigenvalue weighted by Gasteiger charge is 2.33. The highest BCUT2D eigenvalue weighted by atomic mass is 16.5. The normalized spacial score (nSPS) is 16.2. The van der Waals surface area contributed by atoms with Crippen LogP contribution in [0, 0.1) is 0 Å². The summed E-state index contributed by atoms with van der Waals surface area (Å²) in [6.07, 6.45) is 0.670. The third-order valence-electron chi connectivity index (χ3n) is 3.98. The van der Waals surface area contributed by atoms with Gasteiger partial charge in [-0.15, -0.1) is 0 Å². The molecule has 22 heavy (non-hydrogen) atoms. The molecule has 0 saturated carbocycles. The van der Waals surface area contributed by atoms with E-state index >= 15 is 0 Å². The van der Waals surface area contributed by atoms with E-state index in [-0.39, 0.29) is 17.5 Å². The maximum absolute atomic E-state index is 12.4. The van der Waals surface area contributed by atoms with Gasteiger partial charge in [0.15, 0.2) is 5.82 Å². The van der Waals surface area contributed by atoms with E-state index in [1.165, 1.54) is 11.1 Å². The lowest BCUT2D eigenvalue weighted by molar-refractivity contribution is 0.186. The molecule has 0 spiro atoms. The van der Waals surface area contributed by atoms with Gasteiger partial charge >= 0.3 is 12.0 Å². The van der Waals surface area contributed by atoms with Crippen molar-refractivity contribution in [2.75, 3.05) is 11.9 Å². The maximum Gasteiger partial charge on any atom is 0.329 e. The van der Waals surface area contributed by atoms with Crippen LogP contribution in [0.3, 0.4) is 0 Å². The summed E-state index contributed by atoms with van der Waals surface area (Å²) in [7, 11) is 0. The van der Waals surface area contributed by atoms with Crippen LogP contribution < -0.4 is 5.32 Å². The van der Waals surface area contributed by atoms with E-state index in [0.717, 1.165) is 0 Å². The predicted octanol–water partition coefficient (Wildman–Crippen LogP) is 2.96. The van der Waals surface area contributed by atoms with Gasteiger partial charge in [-0.3, -0.25) is 5.32 Å². The topological polar surface area (TPSA) is 71.3 Å². The number of nitrogens with one attached hydrogen (secondary N) is 1. The Hall–Kier alpha value is -2.37. The summed E-state index contributed by atoms with van der Waals surface area (Å²) in [6.45, 7) is 7.45. The Bertz CT molecular complexity index is 693. The molecule has 1 aromatic carbocycles. The molecule has 0 saturated heterocycles. The van der Waals surface area contributed by atoms with Crippen molar-refractivity contribution in [3.8, 4) is 0 Å². The number of aryl methyl sites for hydroxylation is 1. The first-order valence-electron chi connectivity index (χ1n) is 7.46. The van der Waals surface area contributed by atoms with Gasteiger partial charge in [-0.2, -0.15) is 4.98 Å². The molecule has 2 amide bonds. The summed E-state index contributed by atoms with van der Waals surface area (Å²) in [5, 5.41) is 6.46. The minimum absolute atomic E-state index is 0.0877. The zero-order valence-electron chi connectivity index (χ0n) is 13.1. The van der Waals surface area contributed by atoms with Gasteiger partial charge in [0.25, 0.3) is 0 Å². The van der Waals surface area contributed by atoms with Gasteiger partial charge in [0.2, 0.25) is 0 Å². The zero-order valence-corrected chi connectivity index (χ0v) is 13.1. The lowest BCUT2D eigenvalue weighted by atomic mass is 9.78. The fourth-order valence-corrected chi connectivity index (χ4v) is 2.90. The molecule has 0 bridgehead atoms. The minimum Gasteiger partial charge on any atom is -0.319 e. The molecule has 1 aromatic heterocycles. The van der Waals surface area contributed by atoms with Gasteiger partial charge in [-0.25, -0.2) is 4.79 Å². The van der Waals surface area contributed by atoms with E-state index in [0.29, 0.717) is 25.3 Å². The number of amides is 2. The van der Waals surface area contributed by atoms with E-state index in [9.17, 15) is 4.79 Å². The largest absolute Gasteiger partial charge is 0.329 e. The molecule has 0 unspecified atom stereocenters. The molecule has 0 atom stereocenters. The first kappa shape index (κ1) is 14.6. The van der Waals surface area contributed by atoms with E-state index in [1.807, 2.05) is 19.1 Å². The fourth-order valence-electron chi connectivity index (χ4n) is 2.90. The van der Waals surface area contributed by atoms with Crippen LogP contribution in [0.15, 0.2) is 28.8 Å². The predicted molar refractivity (Wildman–Crippen MR) is 82.6 cm³/mol. The van der Waals surface area contributed by atoms with Crippen LogP contribution in [-0.4, -0.2) is 27.6 Å². The van der Waals surface area contributed by atoms with Crippen molar-refractivity contribution in [2.24, 2.45) is 0 Å². The van der Waals surface area contributed by atoms with Gasteiger partial charge < -0.3 is 9.42 Å². The lowest BCUT2D eigenvalue weighted by Crippen LogP contribution is -2.46. The second kappa shape index (κ2) is 5.44. The van der Waals surface area contributed by atoms with Crippen LogP contribution in [0.1, 0.15) is 37.7 Å². The summed E-state index contributed by atoms with van der Waals surface area (Å²) in [6, 6.07) is 8.18. The number of hydrogen-bond donors (Lipinski definition) is 1. The van der Waals surface area contributed by atoms with Crippen molar-refractivity contribution in [3.05, 3.63) is 41.2 Å². The Kier molecular flexibility index (Phi) is 3.60. The molecular formula is C16H20N4O2. The van der Waals surface area contributed by atoms with Crippen molar-refractivity contribution in [1.29, 1.82) is 0 Å². The van der Waals surface area contributed by atoms with Crippen LogP contribution in [-0.2, 0) is 18.4 Å². The number of carbonyl (C=O) groups is 1. The molecule has 6 nitrogen and oxygen atoms in total. The number of urea groups is 1. The second-order valence-corrected chi connectivity index (χ2v) is 6.20. The molecular weight excluding hydrogens is 280 g/mol. The smallest absolute Gasteiger partial charge is 0.319 e. The third kappa shape index (κ3) is 2.68. The quantitative estimate of drug-likeness (QED) is 0.925. The Morgan fingerprint density at radius 3 is 2.91 bits per heavy atom. The first-order chi connectivity index (χ1) is 10.5. The van der Waals surface area contributed by atoms with E-state index in [4.69, 9.17) is 4.52 Å². The number of rotatable bonds is 2. The average molecular weight is 300 g/mol. The SMILES string of the molecule is CCc1noc(NC(=O)N2Cc3ccccc3C(C)(C)C2)n1. The summed E-state index contributed by atoms with van der Waals surface area (Å²) in [4.78, 5) is 18.3. The fraction of sp³-hybridized carbons (Fsp3) is 0.438. The number of carbonyl (C=O) groups excluding carboxylic acids is 1. The highest BCUT2D eigenvalue weighted by Crippen LogP contribution is 2.33. The van der Waals surface area contributed by atoms with Crippen LogP contribution in [0.4, 0.5) is 10.8 Å². The Morgan fingerprint density at radius 1 is 1.41 bits per heavy atom. The molecule has 0 radical (unpaired) electrons. The molecule has 2 heterocycles. The Balaban J connectivity index is 1.77. The number of fused-ring (bicyclic) bond motifs is 1. The zero-order chi connectivity index (χ0) is 15.7. The van der Waals surface area contributed by atoms with Crippen molar-refractivity contribution < 1.29 is 9.32 Å². The second-order valence-electron chi connectivity index (χ2n) is 6.20. The van der Waals surface area contributed by atoms with Crippen molar-refractivity contribution in [2.45, 2.75) is 39.2 Å². The number of benzene rings is 1. The maximum atomic E-state index is 12.4. The number of aromatic nitrogens is 2. The summed E-state index contributed by atoms with van der Waals surface area (Å²) >= 11 is 0. The van der Waals surface area contributed by atoms with Gasteiger partial charge in [-0.1, -0.05) is 50.2 Å². The molecule has 2 aromatic rings. The van der Waals surface area contributed by atoms with Gasteiger partial charge in [-0.05, 0) is 11.1 Å². The van der Waals surface area contributed by atoms with Crippen LogP contribution in [0.25, 0.3) is 0 Å². The lowest BCUT2D eigenvalue weighted by Gasteiger charge is -2.39. The summed E-state index contributed by atoms with van der Waals surface area (Å²) < 4.78 is 5.02. The van der Waals surface area contributed by atoms with E-state index < -0.39 is 0 Å². The Labute approximate surface area is 129 Å². The number of nitrogens with zero attached hydrogens (tertiary/aromatic N) is 3. The molecule has 3 rings (SSSR count). The molecule has 0 aliphatic carbocycles. The number of hydrogen-bond acceptors (Lipinski definition) is 4. The first-order valence-corrected chi connectivity index (χ1v) is 7.46. The van der Waals surface area contributed by atoms with Gasteiger partial charge in [0.05, 0.1) is 0 Å². The average Bonchev–Trinajstić information content (AvgIpc) is 2.94.